The van der Waals surface area contributed by atoms with Crippen molar-refractivity contribution in [3.05, 3.63) is 75.5 Å². The van der Waals surface area contributed by atoms with E-state index >= 15 is 0 Å². The number of hydrogen-bond donors (Lipinski definition) is 1. The minimum absolute atomic E-state index is 0.0721. The molecule has 3 heterocycles. The molecule has 5 rings (SSSR count). The van der Waals surface area contributed by atoms with Gasteiger partial charge in [-0.25, -0.2) is 4.79 Å². The molecule has 2 aliphatic rings. The van der Waals surface area contributed by atoms with Crippen LogP contribution in [0.3, 0.4) is 0 Å². The standard InChI is InChI=1S/C26H28N2O3/c1-16(14-27-15-18-5-8-23-20(11-18)4-3-9-28-23)19-6-7-21-12-22-25(31-24(21)13-19)10-17(2)30-26(22)29/h3-5,8-12,16,19,24,27H,6-7,13-15H2,1-2H3/t16?,19-,24-/m0/s1. The maximum absolute atomic E-state index is 12.1. The molecule has 2 aromatic heterocycles. The van der Waals surface area contributed by atoms with E-state index in [9.17, 15) is 4.79 Å². The lowest BCUT2D eigenvalue weighted by Gasteiger charge is -2.37. The van der Waals surface area contributed by atoms with Crippen molar-refractivity contribution in [3.63, 3.8) is 0 Å². The van der Waals surface area contributed by atoms with Gasteiger partial charge in [-0.1, -0.05) is 19.1 Å². The summed E-state index contributed by atoms with van der Waals surface area (Å²) in [5.74, 6) is 2.41. The van der Waals surface area contributed by atoms with Gasteiger partial charge in [0.15, 0.2) is 0 Å². The predicted octanol–water partition coefficient (Wildman–Crippen LogP) is 4.87. The topological polar surface area (TPSA) is 64.4 Å². The smallest absolute Gasteiger partial charge is 0.346 e. The Morgan fingerprint density at radius 1 is 1.26 bits per heavy atom. The van der Waals surface area contributed by atoms with Gasteiger partial charge in [-0.15, -0.1) is 0 Å². The lowest BCUT2D eigenvalue weighted by molar-refractivity contribution is 0.140. The molecule has 0 bridgehead atoms. The SMILES string of the molecule is Cc1cc2c(c(=O)o1)C=C1CC[C@H](C(C)CNCc3ccc4ncccc4c3)C[C@@H]1O2. The highest BCUT2D eigenvalue weighted by Gasteiger charge is 2.33. The zero-order valence-electron chi connectivity index (χ0n) is 18.1. The molecular formula is C26H28N2O3. The minimum atomic E-state index is -0.301. The van der Waals surface area contributed by atoms with Crippen molar-refractivity contribution < 1.29 is 9.15 Å². The largest absolute Gasteiger partial charge is 0.485 e. The Kier molecular flexibility index (Phi) is 5.36. The number of ether oxygens (including phenoxy) is 1. The Morgan fingerprint density at radius 2 is 2.16 bits per heavy atom. The van der Waals surface area contributed by atoms with E-state index in [2.05, 4.69) is 41.5 Å². The molecule has 3 aromatic rings. The van der Waals surface area contributed by atoms with Gasteiger partial charge < -0.3 is 14.5 Å². The molecule has 1 unspecified atom stereocenters. The number of hydrogen-bond acceptors (Lipinski definition) is 5. The van der Waals surface area contributed by atoms with E-state index in [-0.39, 0.29) is 11.7 Å². The monoisotopic (exact) mass is 416 g/mol. The highest BCUT2D eigenvalue weighted by molar-refractivity contribution is 5.78. The van der Waals surface area contributed by atoms with Gasteiger partial charge in [-0.3, -0.25) is 4.98 Å². The molecule has 0 amide bonds. The van der Waals surface area contributed by atoms with Crippen LogP contribution in [0.15, 0.2) is 57.4 Å². The normalized spacial score (nSPS) is 21.0. The molecule has 1 N–H and O–H groups in total. The van der Waals surface area contributed by atoms with Gasteiger partial charge in [0, 0.05) is 24.2 Å². The molecule has 1 aliphatic heterocycles. The molecular weight excluding hydrogens is 388 g/mol. The maximum atomic E-state index is 12.1. The van der Waals surface area contributed by atoms with Gasteiger partial charge in [0.2, 0.25) is 0 Å². The van der Waals surface area contributed by atoms with Crippen molar-refractivity contribution >= 4 is 17.0 Å². The lowest BCUT2D eigenvalue weighted by atomic mass is 9.76. The van der Waals surface area contributed by atoms with Crippen molar-refractivity contribution in [2.24, 2.45) is 11.8 Å². The molecule has 1 aliphatic carbocycles. The third kappa shape index (κ3) is 4.15. The number of pyridine rings is 1. The molecule has 5 heteroatoms. The molecule has 160 valence electrons. The summed E-state index contributed by atoms with van der Waals surface area (Å²) in [6, 6.07) is 12.4. The predicted molar refractivity (Wildman–Crippen MR) is 122 cm³/mol. The zero-order valence-corrected chi connectivity index (χ0v) is 18.1. The van der Waals surface area contributed by atoms with Crippen molar-refractivity contribution in [2.45, 2.75) is 45.8 Å². The summed E-state index contributed by atoms with van der Waals surface area (Å²) in [4.78, 5) is 16.5. The Morgan fingerprint density at radius 3 is 3.06 bits per heavy atom. The van der Waals surface area contributed by atoms with Gasteiger partial charge in [0.25, 0.3) is 0 Å². The summed E-state index contributed by atoms with van der Waals surface area (Å²) in [7, 11) is 0. The van der Waals surface area contributed by atoms with Crippen LogP contribution in [0.2, 0.25) is 0 Å². The van der Waals surface area contributed by atoms with E-state index in [4.69, 9.17) is 9.15 Å². The highest BCUT2D eigenvalue weighted by Crippen LogP contribution is 2.40. The van der Waals surface area contributed by atoms with Crippen LogP contribution >= 0.6 is 0 Å². The summed E-state index contributed by atoms with van der Waals surface area (Å²) in [5.41, 5.74) is 3.81. The van der Waals surface area contributed by atoms with Crippen molar-refractivity contribution in [3.8, 4) is 5.75 Å². The van der Waals surface area contributed by atoms with Gasteiger partial charge in [-0.05, 0) is 80.0 Å². The Bertz CT molecular complexity index is 1200. The number of nitrogens with zero attached hydrogens (tertiary/aromatic N) is 1. The average molecular weight is 417 g/mol. The molecule has 0 radical (unpaired) electrons. The second-order valence-electron chi connectivity index (χ2n) is 8.92. The van der Waals surface area contributed by atoms with Crippen LogP contribution in [0.1, 0.15) is 43.1 Å². The first-order valence-corrected chi connectivity index (χ1v) is 11.1. The first-order valence-electron chi connectivity index (χ1n) is 11.1. The minimum Gasteiger partial charge on any atom is -0.485 e. The molecule has 1 fully saturated rings. The van der Waals surface area contributed by atoms with Crippen LogP contribution in [0.25, 0.3) is 17.0 Å². The second-order valence-corrected chi connectivity index (χ2v) is 8.92. The van der Waals surface area contributed by atoms with Crippen molar-refractivity contribution in [1.29, 1.82) is 0 Å². The van der Waals surface area contributed by atoms with Crippen molar-refractivity contribution in [2.75, 3.05) is 6.54 Å². The molecule has 1 saturated carbocycles. The third-order valence-corrected chi connectivity index (χ3v) is 6.67. The number of benzene rings is 1. The number of nitrogens with one attached hydrogen (secondary N) is 1. The zero-order chi connectivity index (χ0) is 21.4. The number of fused-ring (bicyclic) bond motifs is 3. The Balaban J connectivity index is 1.19. The van der Waals surface area contributed by atoms with E-state index in [1.54, 1.807) is 6.92 Å². The quantitative estimate of drug-likeness (QED) is 0.643. The van der Waals surface area contributed by atoms with Gasteiger partial charge in [0.05, 0.1) is 5.52 Å². The third-order valence-electron chi connectivity index (χ3n) is 6.67. The van der Waals surface area contributed by atoms with Crippen molar-refractivity contribution in [1.82, 2.24) is 10.3 Å². The first kappa shape index (κ1) is 20.0. The Hall–Kier alpha value is -2.92. The average Bonchev–Trinajstić information content (AvgIpc) is 2.77. The van der Waals surface area contributed by atoms with Gasteiger partial charge in [0.1, 0.15) is 23.2 Å². The molecule has 3 atom stereocenters. The van der Waals surface area contributed by atoms with Crippen LogP contribution in [0.5, 0.6) is 5.75 Å². The van der Waals surface area contributed by atoms with E-state index in [0.29, 0.717) is 28.9 Å². The van der Waals surface area contributed by atoms with Gasteiger partial charge in [-0.2, -0.15) is 0 Å². The molecule has 0 saturated heterocycles. The van der Waals surface area contributed by atoms with E-state index in [1.165, 1.54) is 16.5 Å². The van der Waals surface area contributed by atoms with E-state index in [1.807, 2.05) is 24.4 Å². The summed E-state index contributed by atoms with van der Waals surface area (Å²) in [5, 5.41) is 4.82. The van der Waals surface area contributed by atoms with Crippen LogP contribution in [-0.4, -0.2) is 17.6 Å². The summed E-state index contributed by atoms with van der Waals surface area (Å²) in [6.45, 7) is 5.94. The van der Waals surface area contributed by atoms with Crippen LogP contribution < -0.4 is 15.7 Å². The van der Waals surface area contributed by atoms with E-state index < -0.39 is 0 Å². The number of aryl methyl sites for hydroxylation is 1. The maximum Gasteiger partial charge on any atom is 0.346 e. The second kappa shape index (κ2) is 8.31. The fourth-order valence-corrected chi connectivity index (χ4v) is 4.87. The van der Waals surface area contributed by atoms with Gasteiger partial charge >= 0.3 is 5.63 Å². The summed E-state index contributed by atoms with van der Waals surface area (Å²) in [6.07, 6.45) is 7.00. The Labute approximate surface area is 182 Å². The van der Waals surface area contributed by atoms with E-state index in [0.717, 1.165) is 37.9 Å². The molecule has 1 aromatic carbocycles. The number of aromatic nitrogens is 1. The highest BCUT2D eigenvalue weighted by atomic mass is 16.5. The lowest BCUT2D eigenvalue weighted by Crippen LogP contribution is -2.36. The van der Waals surface area contributed by atoms with Crippen LogP contribution in [0.4, 0.5) is 0 Å². The van der Waals surface area contributed by atoms with Crippen LogP contribution in [0, 0.1) is 18.8 Å². The first-order chi connectivity index (χ1) is 15.1. The molecule has 31 heavy (non-hydrogen) atoms. The summed E-state index contributed by atoms with van der Waals surface area (Å²) >= 11 is 0. The fourth-order valence-electron chi connectivity index (χ4n) is 4.87. The number of rotatable bonds is 5. The molecule has 0 spiro atoms. The summed E-state index contributed by atoms with van der Waals surface area (Å²) < 4.78 is 11.5. The fraction of sp³-hybridized carbons (Fsp3) is 0.385. The molecule has 5 nitrogen and oxygen atoms in total. The van der Waals surface area contributed by atoms with Crippen LogP contribution in [-0.2, 0) is 6.54 Å².